The van der Waals surface area contributed by atoms with E-state index in [9.17, 15) is 20.2 Å². The average molecular weight is 320 g/mol. The topological polar surface area (TPSA) is 98.3 Å². The molecule has 0 aliphatic carbocycles. The molecule has 10 heteroatoms. The van der Waals surface area contributed by atoms with Crippen LogP contribution < -0.4 is 5.32 Å². The number of rotatable bonds is 5. The Labute approximate surface area is 119 Å². The molecule has 0 aliphatic heterocycles. The molecule has 0 radical (unpaired) electrons. The summed E-state index contributed by atoms with van der Waals surface area (Å²) in [6, 6.07) is 3.70. The summed E-state index contributed by atoms with van der Waals surface area (Å²) in [6.45, 7) is 0.354. The molecule has 100 valence electrons. The standard InChI is InChI=1S/C9H6ClN3O4S2/c10-8-6(12(14)15)7(13(16)17)9(19-8)11-4-5-2-1-3-18-5/h1-3,11H,4H2. The van der Waals surface area contributed by atoms with Gasteiger partial charge in [0.15, 0.2) is 9.34 Å². The lowest BCUT2D eigenvalue weighted by Crippen LogP contribution is -2.00. The largest absolute Gasteiger partial charge is 0.381 e. The number of nitrogens with one attached hydrogen (secondary N) is 1. The highest BCUT2D eigenvalue weighted by Gasteiger charge is 2.36. The number of nitro groups is 2. The van der Waals surface area contributed by atoms with E-state index >= 15 is 0 Å². The molecule has 0 fully saturated rings. The third kappa shape index (κ3) is 2.83. The normalized spacial score (nSPS) is 10.4. The van der Waals surface area contributed by atoms with Crippen molar-refractivity contribution >= 4 is 50.7 Å². The fourth-order valence-electron chi connectivity index (χ4n) is 1.41. The maximum absolute atomic E-state index is 10.9. The van der Waals surface area contributed by atoms with Crippen molar-refractivity contribution in [2.75, 3.05) is 5.32 Å². The Bertz CT molecular complexity index is 626. The molecule has 2 rings (SSSR count). The molecule has 0 unspecified atom stereocenters. The molecule has 2 aromatic heterocycles. The van der Waals surface area contributed by atoms with Crippen LogP contribution in [0.25, 0.3) is 0 Å². The zero-order chi connectivity index (χ0) is 14.0. The quantitative estimate of drug-likeness (QED) is 0.665. The average Bonchev–Trinajstić information content (AvgIpc) is 2.92. The zero-order valence-electron chi connectivity index (χ0n) is 9.16. The Morgan fingerprint density at radius 1 is 1.26 bits per heavy atom. The molecule has 0 saturated heterocycles. The van der Waals surface area contributed by atoms with Crippen LogP contribution in [0.4, 0.5) is 16.4 Å². The number of thiophene rings is 2. The van der Waals surface area contributed by atoms with Crippen LogP contribution in [-0.4, -0.2) is 9.85 Å². The fraction of sp³-hybridized carbons (Fsp3) is 0.111. The highest BCUT2D eigenvalue weighted by molar-refractivity contribution is 7.21. The van der Waals surface area contributed by atoms with Crippen LogP contribution in [0.3, 0.4) is 0 Å². The van der Waals surface area contributed by atoms with Crippen molar-refractivity contribution < 1.29 is 9.85 Å². The molecule has 2 heterocycles. The monoisotopic (exact) mass is 319 g/mol. The van der Waals surface area contributed by atoms with Gasteiger partial charge in [0.25, 0.3) is 0 Å². The molecule has 0 aromatic carbocycles. The van der Waals surface area contributed by atoms with E-state index in [0.29, 0.717) is 6.54 Å². The molecular formula is C9H6ClN3O4S2. The predicted molar refractivity (Wildman–Crippen MR) is 74.3 cm³/mol. The lowest BCUT2D eigenvalue weighted by Gasteiger charge is -2.00. The Balaban J connectivity index is 2.32. The third-order valence-corrected chi connectivity index (χ3v) is 4.39. The van der Waals surface area contributed by atoms with Crippen molar-refractivity contribution in [2.24, 2.45) is 0 Å². The second kappa shape index (κ2) is 5.51. The summed E-state index contributed by atoms with van der Waals surface area (Å²) in [5, 5.41) is 26.5. The van der Waals surface area contributed by atoms with Gasteiger partial charge in [0, 0.05) is 4.88 Å². The van der Waals surface area contributed by atoms with Gasteiger partial charge >= 0.3 is 11.4 Å². The van der Waals surface area contributed by atoms with Crippen molar-refractivity contribution in [3.8, 4) is 0 Å². The number of anilines is 1. The summed E-state index contributed by atoms with van der Waals surface area (Å²) in [5.41, 5.74) is -1.25. The van der Waals surface area contributed by atoms with E-state index in [0.717, 1.165) is 16.2 Å². The van der Waals surface area contributed by atoms with E-state index in [4.69, 9.17) is 11.6 Å². The number of nitrogens with zero attached hydrogens (tertiary/aromatic N) is 2. The van der Waals surface area contributed by atoms with Crippen molar-refractivity contribution in [1.82, 2.24) is 0 Å². The predicted octanol–water partition coefficient (Wildman–Crippen LogP) is 3.89. The molecule has 1 N–H and O–H groups in total. The van der Waals surface area contributed by atoms with Crippen LogP contribution in [0.1, 0.15) is 4.88 Å². The van der Waals surface area contributed by atoms with Gasteiger partial charge in [-0.2, -0.15) is 0 Å². The number of hydrogen-bond donors (Lipinski definition) is 1. The maximum atomic E-state index is 10.9. The first-order valence-corrected chi connectivity index (χ1v) is 6.95. The van der Waals surface area contributed by atoms with Gasteiger partial charge in [-0.25, -0.2) is 0 Å². The minimum atomic E-state index is -0.840. The van der Waals surface area contributed by atoms with Crippen molar-refractivity contribution in [1.29, 1.82) is 0 Å². The second-order valence-electron chi connectivity index (χ2n) is 3.35. The molecule has 0 amide bonds. The zero-order valence-corrected chi connectivity index (χ0v) is 11.5. The van der Waals surface area contributed by atoms with Crippen LogP contribution in [0.15, 0.2) is 17.5 Å². The Morgan fingerprint density at radius 2 is 1.95 bits per heavy atom. The van der Waals surface area contributed by atoms with E-state index < -0.39 is 21.2 Å². The van der Waals surface area contributed by atoms with Gasteiger partial charge in [-0.1, -0.05) is 29.0 Å². The van der Waals surface area contributed by atoms with Crippen molar-refractivity contribution in [2.45, 2.75) is 6.54 Å². The fourth-order valence-corrected chi connectivity index (χ4v) is 3.31. The third-order valence-electron chi connectivity index (χ3n) is 2.19. The van der Waals surface area contributed by atoms with Crippen LogP contribution in [0.5, 0.6) is 0 Å². The highest BCUT2D eigenvalue weighted by Crippen LogP contribution is 2.48. The lowest BCUT2D eigenvalue weighted by molar-refractivity contribution is -0.421. The smallest absolute Gasteiger partial charge is 0.366 e. The van der Waals surface area contributed by atoms with Gasteiger partial charge in [0.05, 0.1) is 16.4 Å². The van der Waals surface area contributed by atoms with Gasteiger partial charge in [0.2, 0.25) is 0 Å². The summed E-state index contributed by atoms with van der Waals surface area (Å²) < 4.78 is -0.203. The molecule has 0 saturated carbocycles. The van der Waals surface area contributed by atoms with Gasteiger partial charge < -0.3 is 5.32 Å². The highest BCUT2D eigenvalue weighted by atomic mass is 35.5. The van der Waals surface area contributed by atoms with E-state index in [1.165, 1.54) is 11.3 Å². The van der Waals surface area contributed by atoms with E-state index in [1.807, 2.05) is 17.5 Å². The second-order valence-corrected chi connectivity index (χ2v) is 6.00. The molecule has 2 aromatic rings. The maximum Gasteiger partial charge on any atom is 0.381 e. The Hall–Kier alpha value is -1.71. The first-order chi connectivity index (χ1) is 9.00. The Kier molecular flexibility index (Phi) is 3.98. The first-order valence-electron chi connectivity index (χ1n) is 4.88. The molecule has 0 atom stereocenters. The van der Waals surface area contributed by atoms with Crippen LogP contribution >= 0.6 is 34.3 Å². The summed E-state index contributed by atoms with van der Waals surface area (Å²) in [4.78, 5) is 21.0. The van der Waals surface area contributed by atoms with E-state index in [-0.39, 0.29) is 9.34 Å². The van der Waals surface area contributed by atoms with Gasteiger partial charge in [-0.3, -0.25) is 20.2 Å². The molecule has 0 aliphatic rings. The lowest BCUT2D eigenvalue weighted by atomic mass is 10.4. The summed E-state index contributed by atoms with van der Waals surface area (Å²) >= 11 is 7.96. The minimum Gasteiger partial charge on any atom is -0.366 e. The van der Waals surface area contributed by atoms with E-state index in [2.05, 4.69) is 5.32 Å². The van der Waals surface area contributed by atoms with Gasteiger partial charge in [-0.15, -0.1) is 11.3 Å². The van der Waals surface area contributed by atoms with E-state index in [1.54, 1.807) is 0 Å². The number of halogens is 1. The SMILES string of the molecule is O=[N+]([O-])c1c(Cl)sc(NCc2cccs2)c1[N+](=O)[O-]. The van der Waals surface area contributed by atoms with Crippen molar-refractivity contribution in [3.05, 3.63) is 47.0 Å². The van der Waals surface area contributed by atoms with Crippen LogP contribution in [0, 0.1) is 20.2 Å². The molecule has 7 nitrogen and oxygen atoms in total. The molecule has 0 bridgehead atoms. The van der Waals surface area contributed by atoms with Gasteiger partial charge in [-0.05, 0) is 11.4 Å². The minimum absolute atomic E-state index is 0.0927. The summed E-state index contributed by atoms with van der Waals surface area (Å²) in [7, 11) is 0. The Morgan fingerprint density at radius 3 is 2.47 bits per heavy atom. The van der Waals surface area contributed by atoms with Crippen LogP contribution in [-0.2, 0) is 6.54 Å². The first kappa shape index (κ1) is 13.7. The number of hydrogen-bond acceptors (Lipinski definition) is 7. The molecule has 0 spiro atoms. The molecule has 19 heavy (non-hydrogen) atoms. The van der Waals surface area contributed by atoms with Crippen LogP contribution in [0.2, 0.25) is 4.34 Å². The summed E-state index contributed by atoms with van der Waals surface area (Å²) in [5.74, 6) is 0. The van der Waals surface area contributed by atoms with Crippen molar-refractivity contribution in [3.63, 3.8) is 0 Å². The molecular weight excluding hydrogens is 314 g/mol. The summed E-state index contributed by atoms with van der Waals surface area (Å²) in [6.07, 6.45) is 0. The van der Waals surface area contributed by atoms with Gasteiger partial charge in [0.1, 0.15) is 0 Å².